The molecule has 0 spiro atoms. The van der Waals surface area contributed by atoms with Crippen LogP contribution in [0.1, 0.15) is 0 Å². The summed E-state index contributed by atoms with van der Waals surface area (Å²) in [5.74, 6) is 0. The van der Waals surface area contributed by atoms with Crippen molar-refractivity contribution in [1.82, 2.24) is 0 Å². The molecule has 0 bridgehead atoms. The van der Waals surface area contributed by atoms with Crippen LogP contribution in [0.3, 0.4) is 0 Å². The zero-order valence-corrected chi connectivity index (χ0v) is 9.77. The van der Waals surface area contributed by atoms with E-state index < -0.39 is 9.05 Å². The van der Waals surface area contributed by atoms with Crippen molar-refractivity contribution in [3.63, 3.8) is 0 Å². The molecule has 0 atom stereocenters. The van der Waals surface area contributed by atoms with Gasteiger partial charge in [-0.25, -0.2) is 0 Å². The number of hydrogen-bond donors (Lipinski definition) is 0. The molecule has 14 heavy (non-hydrogen) atoms. The molecule has 0 aliphatic carbocycles. The predicted octanol–water partition coefficient (Wildman–Crippen LogP) is 4.74. The fraction of sp³-hybridized carbons (Fsp3) is 0.250. The van der Waals surface area contributed by atoms with E-state index in [1.165, 1.54) is 0 Å². The molecule has 0 fully saturated rings. The second-order valence-corrected chi connectivity index (χ2v) is 5.97. The van der Waals surface area contributed by atoms with Gasteiger partial charge in [-0.05, 0) is 23.7 Å². The maximum Gasteiger partial charge on any atom is 0.363 e. The molecule has 0 aromatic heterocycles. The predicted molar refractivity (Wildman–Crippen MR) is 57.5 cm³/mol. The van der Waals surface area contributed by atoms with Crippen LogP contribution in [0, 0.1) is 0 Å². The lowest BCUT2D eigenvalue weighted by atomic mass is 10.4. The van der Waals surface area contributed by atoms with Gasteiger partial charge in [0.25, 0.3) is 0 Å². The lowest BCUT2D eigenvalue weighted by Gasteiger charge is -2.23. The molecule has 0 aliphatic rings. The van der Waals surface area contributed by atoms with Crippen molar-refractivity contribution in [2.45, 2.75) is 13.9 Å². The van der Waals surface area contributed by atoms with Gasteiger partial charge in [0.2, 0.25) is 3.67 Å². The van der Waals surface area contributed by atoms with Crippen LogP contribution in [-0.2, 0) is 0 Å². The molecule has 1 aromatic carbocycles. The van der Waals surface area contributed by atoms with Crippen LogP contribution in [0.2, 0.25) is 0 Å². The van der Waals surface area contributed by atoms with E-state index >= 15 is 0 Å². The molecule has 0 nitrogen and oxygen atoms in total. The first-order chi connectivity index (χ1) is 6.33. The smallest absolute Gasteiger partial charge is 0.184 e. The Hall–Kier alpha value is 0.300. The van der Waals surface area contributed by atoms with Gasteiger partial charge in [-0.2, -0.15) is 8.78 Å². The highest BCUT2D eigenvalue weighted by atomic mass is 35.5. The molecule has 1 rings (SSSR count). The van der Waals surface area contributed by atoms with E-state index in [2.05, 4.69) is 0 Å². The second kappa shape index (κ2) is 4.44. The molecule has 0 amide bonds. The van der Waals surface area contributed by atoms with Crippen molar-refractivity contribution in [3.8, 4) is 0 Å². The molecule has 0 aliphatic heterocycles. The van der Waals surface area contributed by atoms with Crippen molar-refractivity contribution in [2.24, 2.45) is 0 Å². The molecule has 0 radical (unpaired) electrons. The highest BCUT2D eigenvalue weighted by Gasteiger charge is 2.51. The van der Waals surface area contributed by atoms with E-state index in [9.17, 15) is 8.78 Å². The van der Waals surface area contributed by atoms with E-state index in [-0.39, 0.29) is 0 Å². The Morgan fingerprint density at radius 3 is 1.93 bits per heavy atom. The molecule has 0 heterocycles. The first-order valence-corrected chi connectivity index (χ1v) is 5.46. The van der Waals surface area contributed by atoms with Crippen LogP contribution in [0.4, 0.5) is 8.78 Å². The Balaban J connectivity index is 2.79. The third kappa shape index (κ3) is 3.16. The average molecular weight is 278 g/mol. The number of halogens is 5. The lowest BCUT2D eigenvalue weighted by Crippen LogP contribution is -2.29. The van der Waals surface area contributed by atoms with Gasteiger partial charge in [0, 0.05) is 4.90 Å². The van der Waals surface area contributed by atoms with Crippen molar-refractivity contribution in [2.75, 3.05) is 0 Å². The summed E-state index contributed by atoms with van der Waals surface area (Å²) >= 11 is 16.1. The summed E-state index contributed by atoms with van der Waals surface area (Å²) in [5.41, 5.74) is 0. The minimum atomic E-state index is -3.68. The normalized spacial score (nSPS) is 12.9. The lowest BCUT2D eigenvalue weighted by molar-refractivity contribution is 0.103. The molecule has 1 aromatic rings. The van der Waals surface area contributed by atoms with E-state index in [1.54, 1.807) is 30.3 Å². The van der Waals surface area contributed by atoms with Crippen LogP contribution < -0.4 is 0 Å². The number of thioether (sulfide) groups is 1. The van der Waals surface area contributed by atoms with Gasteiger partial charge in [-0.1, -0.05) is 53.2 Å². The maximum atomic E-state index is 12.7. The van der Waals surface area contributed by atoms with Crippen LogP contribution in [0.25, 0.3) is 0 Å². The third-order valence-electron chi connectivity index (χ3n) is 1.32. The summed E-state index contributed by atoms with van der Waals surface area (Å²) in [5, 5.41) is -3.68. The van der Waals surface area contributed by atoms with E-state index in [4.69, 9.17) is 34.8 Å². The van der Waals surface area contributed by atoms with Crippen LogP contribution in [0.5, 0.6) is 0 Å². The highest BCUT2D eigenvalue weighted by Crippen LogP contribution is 2.52. The van der Waals surface area contributed by atoms with Crippen molar-refractivity contribution in [1.29, 1.82) is 0 Å². The third-order valence-corrected chi connectivity index (χ3v) is 3.87. The van der Waals surface area contributed by atoms with E-state index in [1.807, 2.05) is 0 Å². The van der Waals surface area contributed by atoms with E-state index in [0.717, 1.165) is 0 Å². The second-order valence-electron chi connectivity index (χ2n) is 2.43. The van der Waals surface area contributed by atoms with Crippen LogP contribution in [-0.4, -0.2) is 9.05 Å². The van der Waals surface area contributed by atoms with Gasteiger partial charge in [0.05, 0.1) is 0 Å². The average Bonchev–Trinajstić information content (AvgIpc) is 2.03. The first-order valence-electron chi connectivity index (χ1n) is 3.51. The Morgan fingerprint density at radius 2 is 1.50 bits per heavy atom. The zero-order chi connectivity index (χ0) is 10.8. The maximum absolute atomic E-state index is 12.7. The summed E-state index contributed by atoms with van der Waals surface area (Å²) in [7, 11) is 0. The van der Waals surface area contributed by atoms with E-state index in [0.29, 0.717) is 16.7 Å². The topological polar surface area (TPSA) is 0 Å². The number of rotatable bonds is 3. The molecule has 78 valence electrons. The molecular weight excluding hydrogens is 273 g/mol. The van der Waals surface area contributed by atoms with Gasteiger partial charge in [-0.3, -0.25) is 0 Å². The molecule has 0 saturated heterocycles. The number of alkyl halides is 5. The molecule has 0 N–H and O–H groups in total. The summed E-state index contributed by atoms with van der Waals surface area (Å²) < 4.78 is 23.0. The Labute approximate surface area is 99.5 Å². The monoisotopic (exact) mass is 276 g/mol. The van der Waals surface area contributed by atoms with Gasteiger partial charge in [0.15, 0.2) is 0 Å². The molecule has 0 saturated carbocycles. The summed E-state index contributed by atoms with van der Waals surface area (Å²) in [6.07, 6.45) is 0. The SMILES string of the molecule is FC(F)(Cl)C(Cl)(Cl)Sc1ccccc1. The fourth-order valence-corrected chi connectivity index (χ4v) is 2.05. The van der Waals surface area contributed by atoms with Gasteiger partial charge < -0.3 is 0 Å². The summed E-state index contributed by atoms with van der Waals surface area (Å²) in [4.78, 5) is 0.526. The van der Waals surface area contributed by atoms with Crippen LogP contribution >= 0.6 is 46.6 Å². The molecule has 0 unspecified atom stereocenters. The quantitative estimate of drug-likeness (QED) is 0.568. The van der Waals surface area contributed by atoms with Gasteiger partial charge in [-0.15, -0.1) is 0 Å². The number of benzene rings is 1. The van der Waals surface area contributed by atoms with Crippen LogP contribution in [0.15, 0.2) is 35.2 Å². The summed E-state index contributed by atoms with van der Waals surface area (Å²) in [6.45, 7) is 0. The fourth-order valence-electron chi connectivity index (χ4n) is 0.694. The molecular formula is C8H5Cl3F2S. The zero-order valence-electron chi connectivity index (χ0n) is 6.68. The van der Waals surface area contributed by atoms with Gasteiger partial charge in [0.1, 0.15) is 0 Å². The largest absolute Gasteiger partial charge is 0.363 e. The first kappa shape index (κ1) is 12.4. The summed E-state index contributed by atoms with van der Waals surface area (Å²) in [6, 6.07) is 8.38. The Morgan fingerprint density at radius 1 is 1.00 bits per heavy atom. The van der Waals surface area contributed by atoms with Gasteiger partial charge >= 0.3 is 5.38 Å². The molecule has 6 heteroatoms. The minimum absolute atomic E-state index is 0.526. The van der Waals surface area contributed by atoms with Crippen molar-refractivity contribution in [3.05, 3.63) is 30.3 Å². The Bertz CT molecular complexity index is 297. The number of hydrogen-bond acceptors (Lipinski definition) is 1. The Kier molecular flexibility index (Phi) is 3.92. The minimum Gasteiger partial charge on any atom is -0.184 e. The standard InChI is InChI=1S/C8H5Cl3F2S/c9-7(10,8(11,12)13)14-6-4-2-1-3-5-6/h1-5H. The van der Waals surface area contributed by atoms with Crippen molar-refractivity contribution >= 4 is 46.6 Å². The van der Waals surface area contributed by atoms with Crippen molar-refractivity contribution < 1.29 is 8.78 Å². The highest BCUT2D eigenvalue weighted by molar-refractivity contribution is 8.03.